The molecule has 0 radical (unpaired) electrons. The lowest BCUT2D eigenvalue weighted by atomic mass is 10.1. The number of fused-ring (bicyclic) bond motifs is 1. The first-order valence-electron chi connectivity index (χ1n) is 11.3. The smallest absolute Gasteiger partial charge is 0.256 e. The number of anilines is 1. The van der Waals surface area contributed by atoms with Crippen molar-refractivity contribution < 1.29 is 9.90 Å². The fraction of sp³-hybridized carbons (Fsp3) is 0.333. The molecule has 2 aliphatic heterocycles. The second-order valence-corrected chi connectivity index (χ2v) is 9.08. The molecular formula is C24H26ClN7O2. The number of aliphatic hydroxyl groups excluding tert-OH is 1. The molecule has 2 atom stereocenters. The highest BCUT2D eigenvalue weighted by atomic mass is 35.5. The number of rotatable bonds is 2. The lowest BCUT2D eigenvalue weighted by Crippen LogP contribution is -2.42. The van der Waals surface area contributed by atoms with E-state index in [1.54, 1.807) is 24.5 Å². The Morgan fingerprint density at radius 2 is 1.91 bits per heavy atom. The van der Waals surface area contributed by atoms with E-state index in [0.717, 1.165) is 17.7 Å². The molecule has 2 unspecified atom stereocenters. The van der Waals surface area contributed by atoms with Crippen LogP contribution in [0.25, 0.3) is 5.69 Å². The van der Waals surface area contributed by atoms with Crippen molar-refractivity contribution in [2.75, 3.05) is 25.0 Å². The number of halogens is 1. The number of carbonyl (C=O) groups excluding carboxylic acids is 1. The summed E-state index contributed by atoms with van der Waals surface area (Å²) in [4.78, 5) is 23.6. The average molecular weight is 480 g/mol. The van der Waals surface area contributed by atoms with Crippen LogP contribution < -0.4 is 5.32 Å². The van der Waals surface area contributed by atoms with Gasteiger partial charge < -0.3 is 20.2 Å². The minimum Gasteiger partial charge on any atom is -0.368 e. The van der Waals surface area contributed by atoms with Gasteiger partial charge in [0.15, 0.2) is 6.23 Å². The van der Waals surface area contributed by atoms with E-state index in [9.17, 15) is 9.90 Å². The first-order chi connectivity index (χ1) is 16.4. The summed E-state index contributed by atoms with van der Waals surface area (Å²) in [6.45, 7) is 5.83. The lowest BCUT2D eigenvalue weighted by molar-refractivity contribution is 0.0702. The van der Waals surface area contributed by atoms with E-state index >= 15 is 0 Å². The van der Waals surface area contributed by atoms with E-state index in [0.29, 0.717) is 47.4 Å². The van der Waals surface area contributed by atoms with Crippen LogP contribution in [0, 0.1) is 6.92 Å². The highest BCUT2D eigenvalue weighted by Crippen LogP contribution is 2.31. The lowest BCUT2D eigenvalue weighted by Gasteiger charge is -2.30. The number of amides is 1. The molecule has 3 aromatic rings. The van der Waals surface area contributed by atoms with Crippen molar-refractivity contribution in [1.29, 1.82) is 0 Å². The van der Waals surface area contributed by atoms with Crippen LogP contribution in [0.4, 0.5) is 5.69 Å². The Morgan fingerprint density at radius 1 is 1.12 bits per heavy atom. The molecule has 10 heteroatoms. The fourth-order valence-corrected chi connectivity index (χ4v) is 4.60. The van der Waals surface area contributed by atoms with Gasteiger partial charge in [0.05, 0.1) is 23.6 Å². The number of nitrogens with zero attached hydrogens (tertiary/aromatic N) is 6. The van der Waals surface area contributed by atoms with Crippen molar-refractivity contribution in [3.05, 3.63) is 70.5 Å². The molecule has 1 saturated heterocycles. The highest BCUT2D eigenvalue weighted by molar-refractivity contribution is 6.30. The summed E-state index contributed by atoms with van der Waals surface area (Å²) in [6.07, 6.45) is 2.97. The number of aromatic nitrogens is 3. The topological polar surface area (TPSA) is 98.9 Å². The number of aliphatic imine (C=N–C) groups is 1. The van der Waals surface area contributed by atoms with Gasteiger partial charge in [-0.05, 0) is 50.6 Å². The Morgan fingerprint density at radius 3 is 2.71 bits per heavy atom. The third-order valence-corrected chi connectivity index (χ3v) is 6.55. The van der Waals surface area contributed by atoms with Crippen LogP contribution in [-0.2, 0) is 0 Å². The summed E-state index contributed by atoms with van der Waals surface area (Å²) in [5.74, 6) is 0.546. The van der Waals surface area contributed by atoms with Gasteiger partial charge in [0.1, 0.15) is 0 Å². The summed E-state index contributed by atoms with van der Waals surface area (Å²) in [6, 6.07) is 11.1. The second kappa shape index (κ2) is 9.08. The standard InChI is InChI=1S/C24H26ClN7O2/c1-15-3-6-21(32-26-8-9-27-32)19(13-15)23(34)31-12-11-30(10-7-16(31)2)24-28-20-5-4-17(25)14-18(20)22(33)29-24/h3-6,8-9,13-14,16,22,33H,7,10-12H2,1-2H3,(H,28,29). The molecule has 5 rings (SSSR count). The van der Waals surface area contributed by atoms with E-state index in [1.165, 1.54) is 4.80 Å². The first-order valence-corrected chi connectivity index (χ1v) is 11.6. The quantitative estimate of drug-likeness (QED) is 0.585. The molecular weight excluding hydrogens is 454 g/mol. The summed E-state index contributed by atoms with van der Waals surface area (Å²) in [7, 11) is 0. The molecule has 2 N–H and O–H groups in total. The Balaban J connectivity index is 1.37. The number of carbonyl (C=O) groups is 1. The highest BCUT2D eigenvalue weighted by Gasteiger charge is 2.30. The van der Waals surface area contributed by atoms with Crippen LogP contribution in [0.3, 0.4) is 0 Å². The van der Waals surface area contributed by atoms with Gasteiger partial charge in [0.25, 0.3) is 5.91 Å². The number of benzene rings is 2. The maximum Gasteiger partial charge on any atom is 0.256 e. The minimum absolute atomic E-state index is 0.0247. The van der Waals surface area contributed by atoms with Crippen molar-refractivity contribution in [2.45, 2.75) is 32.5 Å². The maximum absolute atomic E-state index is 13.7. The minimum atomic E-state index is -0.986. The Bertz CT molecular complexity index is 1240. The maximum atomic E-state index is 13.7. The Labute approximate surface area is 202 Å². The summed E-state index contributed by atoms with van der Waals surface area (Å²) >= 11 is 6.07. The number of aliphatic hydroxyl groups is 1. The molecule has 1 fully saturated rings. The molecule has 176 valence electrons. The number of hydrogen-bond donors (Lipinski definition) is 2. The third-order valence-electron chi connectivity index (χ3n) is 6.32. The van der Waals surface area contributed by atoms with Gasteiger partial charge in [-0.25, -0.2) is 4.99 Å². The summed E-state index contributed by atoms with van der Waals surface area (Å²) < 4.78 is 0. The third kappa shape index (κ3) is 4.24. The van der Waals surface area contributed by atoms with Crippen molar-refractivity contribution >= 4 is 29.2 Å². The van der Waals surface area contributed by atoms with E-state index < -0.39 is 6.23 Å². The van der Waals surface area contributed by atoms with Gasteiger partial charge in [-0.3, -0.25) is 4.79 Å². The largest absolute Gasteiger partial charge is 0.368 e. The Kier molecular flexibility index (Phi) is 5.97. The number of guanidine groups is 1. The van der Waals surface area contributed by atoms with Gasteiger partial charge in [0.2, 0.25) is 5.96 Å². The monoisotopic (exact) mass is 479 g/mol. The van der Waals surface area contributed by atoms with Gasteiger partial charge >= 0.3 is 0 Å². The van der Waals surface area contributed by atoms with Crippen LogP contribution in [0.5, 0.6) is 0 Å². The van der Waals surface area contributed by atoms with Crippen LogP contribution in [0.15, 0.2) is 53.8 Å². The number of nitrogens with one attached hydrogen (secondary N) is 1. The van der Waals surface area contributed by atoms with E-state index in [4.69, 9.17) is 11.6 Å². The van der Waals surface area contributed by atoms with E-state index in [-0.39, 0.29) is 11.9 Å². The second-order valence-electron chi connectivity index (χ2n) is 8.65. The van der Waals surface area contributed by atoms with Crippen molar-refractivity contribution in [1.82, 2.24) is 24.8 Å². The van der Waals surface area contributed by atoms with E-state index in [2.05, 4.69) is 32.3 Å². The molecule has 1 amide bonds. The van der Waals surface area contributed by atoms with Gasteiger partial charge in [-0.15, -0.1) is 0 Å². The zero-order valence-corrected chi connectivity index (χ0v) is 19.8. The average Bonchev–Trinajstić information content (AvgIpc) is 3.28. The molecule has 9 nitrogen and oxygen atoms in total. The van der Waals surface area contributed by atoms with Crippen LogP contribution >= 0.6 is 11.6 Å². The zero-order chi connectivity index (χ0) is 23.8. The zero-order valence-electron chi connectivity index (χ0n) is 19.0. The molecule has 2 aliphatic rings. The number of hydrogen-bond acceptors (Lipinski definition) is 7. The molecule has 1 aromatic heterocycles. The van der Waals surface area contributed by atoms with Crippen molar-refractivity contribution in [3.8, 4) is 5.69 Å². The first kappa shape index (κ1) is 22.4. The van der Waals surface area contributed by atoms with E-state index in [1.807, 2.05) is 36.1 Å². The summed E-state index contributed by atoms with van der Waals surface area (Å²) in [5.41, 5.74) is 3.66. The molecule has 2 aromatic carbocycles. The van der Waals surface area contributed by atoms with Crippen LogP contribution in [0.1, 0.15) is 41.1 Å². The molecule has 0 spiro atoms. The Hall–Kier alpha value is -3.43. The molecule has 34 heavy (non-hydrogen) atoms. The van der Waals surface area contributed by atoms with Crippen LogP contribution in [0.2, 0.25) is 5.02 Å². The molecule has 3 heterocycles. The van der Waals surface area contributed by atoms with Crippen LogP contribution in [-0.4, -0.2) is 67.4 Å². The number of aryl methyl sites for hydroxylation is 1. The molecule has 0 saturated carbocycles. The SMILES string of the molecule is Cc1ccc(-n2nccn2)c(C(=O)N2CCN(C3=NC(O)c4cc(Cl)ccc4N3)CCC2C)c1. The van der Waals surface area contributed by atoms with Gasteiger partial charge in [-0.2, -0.15) is 15.0 Å². The summed E-state index contributed by atoms with van der Waals surface area (Å²) in [5, 5.41) is 22.9. The van der Waals surface area contributed by atoms with Gasteiger partial charge in [-0.1, -0.05) is 23.2 Å². The van der Waals surface area contributed by atoms with Crippen molar-refractivity contribution in [2.24, 2.45) is 4.99 Å². The van der Waals surface area contributed by atoms with Gasteiger partial charge in [0, 0.05) is 41.9 Å². The predicted molar refractivity (Wildman–Crippen MR) is 130 cm³/mol. The predicted octanol–water partition coefficient (Wildman–Crippen LogP) is 3.24. The molecule has 0 bridgehead atoms. The normalized spacial score (nSPS) is 20.3. The fourth-order valence-electron chi connectivity index (χ4n) is 4.42. The molecule has 0 aliphatic carbocycles. The van der Waals surface area contributed by atoms with Crippen molar-refractivity contribution in [3.63, 3.8) is 0 Å².